The summed E-state index contributed by atoms with van der Waals surface area (Å²) in [6, 6.07) is 6.42. The zero-order valence-corrected chi connectivity index (χ0v) is 21.9. The molecule has 2 aliphatic carbocycles. The van der Waals surface area contributed by atoms with Crippen LogP contribution in [0, 0.1) is 19.8 Å². The number of amides is 2. The fourth-order valence-corrected chi connectivity index (χ4v) is 6.48. The summed E-state index contributed by atoms with van der Waals surface area (Å²) in [6.45, 7) is 12.8. The smallest absolute Gasteiger partial charge is 0.274 e. The van der Waals surface area contributed by atoms with Crippen LogP contribution < -0.4 is 4.90 Å². The Kier molecular flexibility index (Phi) is 5.82. The first kappa shape index (κ1) is 23.5. The molecule has 1 aromatic heterocycles. The fourth-order valence-electron chi connectivity index (χ4n) is 6.48. The van der Waals surface area contributed by atoms with Gasteiger partial charge in [0, 0.05) is 56.2 Å². The number of morpholine rings is 1. The van der Waals surface area contributed by atoms with Gasteiger partial charge in [-0.2, -0.15) is 5.10 Å². The first-order valence-electron chi connectivity index (χ1n) is 13.4. The highest BCUT2D eigenvalue weighted by Gasteiger charge is 2.50. The van der Waals surface area contributed by atoms with Gasteiger partial charge >= 0.3 is 0 Å². The van der Waals surface area contributed by atoms with E-state index in [0.717, 1.165) is 37.2 Å². The largest absolute Gasteiger partial charge is 0.372 e. The second kappa shape index (κ2) is 8.91. The Morgan fingerprint density at radius 2 is 1.75 bits per heavy atom. The minimum Gasteiger partial charge on any atom is -0.372 e. The molecule has 2 unspecified atom stereocenters. The van der Waals surface area contributed by atoms with E-state index in [0.29, 0.717) is 43.7 Å². The minimum atomic E-state index is -0.00543. The number of carbonyl (C=O) groups excluding carboxylic acids is 2. The number of fused-ring (bicyclic) bond motifs is 3. The molecule has 8 nitrogen and oxygen atoms in total. The van der Waals surface area contributed by atoms with E-state index in [1.54, 1.807) is 0 Å². The van der Waals surface area contributed by atoms with Crippen molar-refractivity contribution in [2.75, 3.05) is 44.2 Å². The molecule has 3 heterocycles. The van der Waals surface area contributed by atoms with Crippen molar-refractivity contribution in [2.45, 2.75) is 65.2 Å². The van der Waals surface area contributed by atoms with Gasteiger partial charge in [0.25, 0.3) is 5.91 Å². The lowest BCUT2D eigenvalue weighted by molar-refractivity contribution is -0.132. The Balaban J connectivity index is 1.15. The van der Waals surface area contributed by atoms with Crippen LogP contribution in [-0.4, -0.2) is 82.9 Å². The normalized spacial score (nSPS) is 27.2. The van der Waals surface area contributed by atoms with E-state index in [9.17, 15) is 9.59 Å². The van der Waals surface area contributed by atoms with Crippen LogP contribution in [0.15, 0.2) is 18.2 Å². The number of benzene rings is 1. The summed E-state index contributed by atoms with van der Waals surface area (Å²) < 4.78 is 7.67. The maximum Gasteiger partial charge on any atom is 0.274 e. The van der Waals surface area contributed by atoms with Crippen LogP contribution in [0.1, 0.15) is 59.1 Å². The van der Waals surface area contributed by atoms with Crippen molar-refractivity contribution in [1.29, 1.82) is 0 Å². The van der Waals surface area contributed by atoms with Crippen LogP contribution in [0.3, 0.4) is 0 Å². The number of ether oxygens (including phenoxy) is 1. The van der Waals surface area contributed by atoms with Crippen molar-refractivity contribution in [3.63, 3.8) is 0 Å². The van der Waals surface area contributed by atoms with Gasteiger partial charge in [0.15, 0.2) is 5.69 Å². The quantitative estimate of drug-likeness (QED) is 0.658. The summed E-state index contributed by atoms with van der Waals surface area (Å²) in [4.78, 5) is 33.1. The highest BCUT2D eigenvalue weighted by atomic mass is 16.5. The molecular weight excluding hydrogens is 454 g/mol. The monoisotopic (exact) mass is 491 g/mol. The van der Waals surface area contributed by atoms with E-state index in [1.807, 2.05) is 28.3 Å². The van der Waals surface area contributed by atoms with Gasteiger partial charge in [0.2, 0.25) is 5.91 Å². The van der Waals surface area contributed by atoms with E-state index in [1.165, 1.54) is 16.8 Å². The molecule has 6 rings (SSSR count). The molecular formula is C28H37N5O3. The van der Waals surface area contributed by atoms with Crippen LogP contribution in [0.2, 0.25) is 0 Å². The number of hydrogen-bond acceptors (Lipinski definition) is 5. The van der Waals surface area contributed by atoms with Gasteiger partial charge in [0.1, 0.15) is 6.54 Å². The number of hydrogen-bond donors (Lipinski definition) is 0. The number of aryl methyl sites for hydroxylation is 1. The average molecular weight is 492 g/mol. The van der Waals surface area contributed by atoms with Gasteiger partial charge in [-0.25, -0.2) is 0 Å². The fraction of sp³-hybridized carbons (Fsp3) is 0.607. The molecule has 4 aliphatic rings. The molecule has 8 heteroatoms. The molecule has 0 spiro atoms. The summed E-state index contributed by atoms with van der Waals surface area (Å²) in [5.41, 5.74) is 6.66. The maximum absolute atomic E-state index is 13.5. The summed E-state index contributed by atoms with van der Waals surface area (Å²) in [7, 11) is 0. The standard InChI is InChI=1S/C28H37N5O3/c1-17-6-5-7-23(20(17)4)30-8-10-31(11-9-30)25(34)16-33-24-13-21-12-22(21)26(24)27(29-33)28(35)32-14-18(2)36-19(3)15-32/h5-7,18-19,21-22H,8-16H2,1-4H3/t18-,19+,21?,22?. The zero-order valence-electron chi connectivity index (χ0n) is 21.9. The van der Waals surface area contributed by atoms with Crippen molar-refractivity contribution < 1.29 is 14.3 Å². The predicted octanol–water partition coefficient (Wildman–Crippen LogP) is 2.76. The van der Waals surface area contributed by atoms with Crippen molar-refractivity contribution in [2.24, 2.45) is 5.92 Å². The number of anilines is 1. The van der Waals surface area contributed by atoms with E-state index >= 15 is 0 Å². The second-order valence-corrected chi connectivity index (χ2v) is 11.2. The van der Waals surface area contributed by atoms with Gasteiger partial charge < -0.3 is 19.4 Å². The van der Waals surface area contributed by atoms with E-state index in [4.69, 9.17) is 9.84 Å². The molecule has 0 bridgehead atoms. The maximum atomic E-state index is 13.5. The lowest BCUT2D eigenvalue weighted by Crippen LogP contribution is -2.50. The van der Waals surface area contributed by atoms with E-state index < -0.39 is 0 Å². The number of piperazine rings is 1. The summed E-state index contributed by atoms with van der Waals surface area (Å²) in [5, 5.41) is 4.78. The molecule has 1 saturated carbocycles. The molecule has 2 amide bonds. The van der Waals surface area contributed by atoms with E-state index in [-0.39, 0.29) is 30.6 Å². The molecule has 192 valence electrons. The van der Waals surface area contributed by atoms with Gasteiger partial charge in [-0.15, -0.1) is 0 Å². The molecule has 36 heavy (non-hydrogen) atoms. The lowest BCUT2D eigenvalue weighted by atomic mass is 10.1. The van der Waals surface area contributed by atoms with Crippen molar-refractivity contribution in [3.8, 4) is 0 Å². The van der Waals surface area contributed by atoms with Crippen LogP contribution >= 0.6 is 0 Å². The lowest BCUT2D eigenvalue weighted by Gasteiger charge is -2.37. The van der Waals surface area contributed by atoms with Crippen LogP contribution in [-0.2, 0) is 22.5 Å². The predicted molar refractivity (Wildman–Crippen MR) is 137 cm³/mol. The molecule has 2 aromatic rings. The zero-order chi connectivity index (χ0) is 25.1. The number of aromatic nitrogens is 2. The third-order valence-electron chi connectivity index (χ3n) is 8.59. The van der Waals surface area contributed by atoms with E-state index in [2.05, 4.69) is 36.9 Å². The third kappa shape index (κ3) is 4.09. The SMILES string of the molecule is Cc1cccc(N2CCN(C(=O)Cn3nc(C(=O)N4C[C@@H](C)O[C@@H](C)C4)c4c3CC3CC43)CC2)c1C. The van der Waals surface area contributed by atoms with Gasteiger partial charge in [-0.3, -0.25) is 14.3 Å². The third-order valence-corrected chi connectivity index (χ3v) is 8.59. The first-order valence-corrected chi connectivity index (χ1v) is 13.4. The minimum absolute atomic E-state index is 0.00543. The summed E-state index contributed by atoms with van der Waals surface area (Å²) in [5.74, 6) is 1.15. The number of rotatable bonds is 4. The molecule has 2 saturated heterocycles. The topological polar surface area (TPSA) is 70.9 Å². The number of nitrogens with zero attached hydrogens (tertiary/aromatic N) is 5. The molecule has 0 N–H and O–H groups in total. The van der Waals surface area contributed by atoms with Crippen LogP contribution in [0.25, 0.3) is 0 Å². The Labute approximate surface area is 213 Å². The van der Waals surface area contributed by atoms with Crippen LogP contribution in [0.5, 0.6) is 0 Å². The Hall–Kier alpha value is -2.87. The number of carbonyl (C=O) groups is 2. The Bertz CT molecular complexity index is 1190. The highest BCUT2D eigenvalue weighted by Crippen LogP contribution is 2.57. The molecule has 1 aromatic carbocycles. The van der Waals surface area contributed by atoms with Crippen molar-refractivity contribution in [3.05, 3.63) is 46.3 Å². The van der Waals surface area contributed by atoms with Crippen molar-refractivity contribution >= 4 is 17.5 Å². The van der Waals surface area contributed by atoms with Crippen LogP contribution in [0.4, 0.5) is 5.69 Å². The Morgan fingerprint density at radius 3 is 2.47 bits per heavy atom. The molecule has 4 atom stereocenters. The summed E-state index contributed by atoms with van der Waals surface area (Å²) >= 11 is 0. The van der Waals surface area contributed by atoms with Gasteiger partial charge in [0.05, 0.1) is 12.2 Å². The summed E-state index contributed by atoms with van der Waals surface area (Å²) in [6.07, 6.45) is 2.11. The van der Waals surface area contributed by atoms with Gasteiger partial charge in [-0.1, -0.05) is 12.1 Å². The first-order chi connectivity index (χ1) is 17.3. The molecule has 2 aliphatic heterocycles. The van der Waals surface area contributed by atoms with Crippen molar-refractivity contribution in [1.82, 2.24) is 19.6 Å². The second-order valence-electron chi connectivity index (χ2n) is 11.2. The molecule has 0 radical (unpaired) electrons. The Morgan fingerprint density at radius 1 is 1.03 bits per heavy atom. The van der Waals surface area contributed by atoms with Gasteiger partial charge in [-0.05, 0) is 69.6 Å². The highest BCUT2D eigenvalue weighted by molar-refractivity contribution is 5.95. The average Bonchev–Trinajstić information content (AvgIpc) is 3.38. The molecule has 3 fully saturated rings.